The summed E-state index contributed by atoms with van der Waals surface area (Å²) >= 11 is 0. The maximum absolute atomic E-state index is 13.4. The van der Waals surface area contributed by atoms with Gasteiger partial charge in [-0.05, 0) is 57.1 Å². The number of carbonyl (C=O) groups excluding carboxylic acids is 2. The van der Waals surface area contributed by atoms with E-state index in [1.807, 2.05) is 30.3 Å². The van der Waals surface area contributed by atoms with E-state index in [0.717, 1.165) is 5.69 Å². The number of fused-ring (bicyclic) bond motifs is 11. The number of benzene rings is 1. The third kappa shape index (κ3) is 1.53. The van der Waals surface area contributed by atoms with Gasteiger partial charge in [0.2, 0.25) is 11.8 Å². The first-order chi connectivity index (χ1) is 12.6. The number of hydrogen-bond donors (Lipinski definition) is 0. The molecular formula is C23H23NO2. The Labute approximate surface area is 153 Å². The Hall–Kier alpha value is -2.16. The van der Waals surface area contributed by atoms with Crippen molar-refractivity contribution < 1.29 is 9.59 Å². The number of amides is 2. The number of para-hydroxylation sites is 1. The number of allylic oxidation sites excluding steroid dienone is 4. The second-order valence-corrected chi connectivity index (χ2v) is 8.93. The minimum Gasteiger partial charge on any atom is -0.274 e. The van der Waals surface area contributed by atoms with Crippen molar-refractivity contribution in [3.05, 3.63) is 52.6 Å². The minimum absolute atomic E-state index is 0.0340. The van der Waals surface area contributed by atoms with E-state index in [0.29, 0.717) is 11.8 Å². The second-order valence-electron chi connectivity index (χ2n) is 8.93. The molecule has 26 heavy (non-hydrogen) atoms. The van der Waals surface area contributed by atoms with Crippen molar-refractivity contribution in [3.8, 4) is 0 Å². The van der Waals surface area contributed by atoms with Crippen LogP contribution in [0.1, 0.15) is 33.1 Å². The van der Waals surface area contributed by atoms with E-state index >= 15 is 0 Å². The fourth-order valence-corrected chi connectivity index (χ4v) is 7.05. The zero-order valence-corrected chi connectivity index (χ0v) is 15.2. The zero-order valence-electron chi connectivity index (χ0n) is 15.2. The quantitative estimate of drug-likeness (QED) is 0.436. The normalized spacial score (nSPS) is 39.3. The SMILES string of the molecule is CC(C)=C1[C@H]2C3=C([C@H]4CC[C@H]3C4)[C@H]1[C@@H]1C(=O)N(c3ccccc3)C(=O)[C@@H]21. The summed E-state index contributed by atoms with van der Waals surface area (Å²) in [5, 5.41) is 0. The molecule has 6 rings (SSSR count). The van der Waals surface area contributed by atoms with Crippen molar-refractivity contribution in [2.75, 3.05) is 4.90 Å². The maximum Gasteiger partial charge on any atom is 0.238 e. The number of anilines is 1. The smallest absolute Gasteiger partial charge is 0.238 e. The molecule has 3 nitrogen and oxygen atoms in total. The van der Waals surface area contributed by atoms with Gasteiger partial charge in [0.25, 0.3) is 0 Å². The summed E-state index contributed by atoms with van der Waals surface area (Å²) in [6.45, 7) is 4.34. The molecule has 4 bridgehead atoms. The Morgan fingerprint density at radius 2 is 1.42 bits per heavy atom. The maximum atomic E-state index is 13.4. The van der Waals surface area contributed by atoms with Crippen LogP contribution in [0.15, 0.2) is 52.6 Å². The third-order valence-corrected chi connectivity index (χ3v) is 7.69. The molecule has 0 spiro atoms. The van der Waals surface area contributed by atoms with Crippen molar-refractivity contribution in [2.45, 2.75) is 33.1 Å². The lowest BCUT2D eigenvalue weighted by Gasteiger charge is -2.28. The van der Waals surface area contributed by atoms with E-state index in [4.69, 9.17) is 0 Å². The first-order valence-electron chi connectivity index (χ1n) is 9.93. The summed E-state index contributed by atoms with van der Waals surface area (Å²) in [6, 6.07) is 9.49. The van der Waals surface area contributed by atoms with Gasteiger partial charge in [0, 0.05) is 11.8 Å². The standard InChI is InChI=1S/C23H23NO2/c1-11(2)15-18-16-12-8-9-13(10-12)17(16)19(15)21-20(18)22(25)24(23(21)26)14-6-4-3-5-7-14/h3-7,12-13,18-21H,8-10H2,1-2H3/t12-,13-,18-,19-,20-,21-/m0/s1. The molecular weight excluding hydrogens is 322 g/mol. The van der Waals surface area contributed by atoms with E-state index in [2.05, 4.69) is 13.8 Å². The van der Waals surface area contributed by atoms with Crippen molar-refractivity contribution >= 4 is 17.5 Å². The Bertz CT molecular complexity index is 873. The van der Waals surface area contributed by atoms with Crippen molar-refractivity contribution in [1.82, 2.24) is 0 Å². The van der Waals surface area contributed by atoms with E-state index in [9.17, 15) is 9.59 Å². The first kappa shape index (κ1) is 15.0. The monoisotopic (exact) mass is 345 g/mol. The van der Waals surface area contributed by atoms with Gasteiger partial charge in [-0.15, -0.1) is 0 Å². The number of nitrogens with zero attached hydrogens (tertiary/aromatic N) is 1. The fourth-order valence-electron chi connectivity index (χ4n) is 7.05. The highest BCUT2D eigenvalue weighted by Crippen LogP contribution is 2.70. The highest BCUT2D eigenvalue weighted by molar-refractivity contribution is 6.23. The van der Waals surface area contributed by atoms with Crippen LogP contribution in [0.4, 0.5) is 5.69 Å². The van der Waals surface area contributed by atoms with E-state index < -0.39 is 0 Å². The lowest BCUT2D eigenvalue weighted by Crippen LogP contribution is -2.33. The fraction of sp³-hybridized carbons (Fsp3) is 0.478. The predicted molar refractivity (Wildman–Crippen MR) is 99.1 cm³/mol. The van der Waals surface area contributed by atoms with E-state index in [1.165, 1.54) is 35.3 Å². The van der Waals surface area contributed by atoms with Gasteiger partial charge >= 0.3 is 0 Å². The summed E-state index contributed by atoms with van der Waals surface area (Å²) in [5.74, 6) is 1.53. The highest BCUT2D eigenvalue weighted by Gasteiger charge is 2.69. The van der Waals surface area contributed by atoms with Gasteiger partial charge in [0.15, 0.2) is 0 Å². The second kappa shape index (κ2) is 4.76. The summed E-state index contributed by atoms with van der Waals surface area (Å²) in [4.78, 5) is 28.3. The van der Waals surface area contributed by atoms with Gasteiger partial charge in [-0.2, -0.15) is 0 Å². The molecule has 0 aromatic heterocycles. The summed E-state index contributed by atoms with van der Waals surface area (Å²) in [7, 11) is 0. The number of imide groups is 1. The van der Waals surface area contributed by atoms with E-state index in [-0.39, 0.29) is 35.5 Å². The molecule has 3 fully saturated rings. The van der Waals surface area contributed by atoms with Crippen molar-refractivity contribution in [2.24, 2.45) is 35.5 Å². The van der Waals surface area contributed by atoms with Crippen LogP contribution in [-0.4, -0.2) is 11.8 Å². The van der Waals surface area contributed by atoms with Crippen LogP contribution in [-0.2, 0) is 9.59 Å². The lowest BCUT2D eigenvalue weighted by molar-refractivity contribution is -0.123. The average molecular weight is 345 g/mol. The zero-order chi connectivity index (χ0) is 17.7. The summed E-state index contributed by atoms with van der Waals surface area (Å²) in [5.41, 5.74) is 6.66. The molecule has 6 atom stereocenters. The number of rotatable bonds is 1. The third-order valence-electron chi connectivity index (χ3n) is 7.69. The predicted octanol–water partition coefficient (Wildman–Crippen LogP) is 4.11. The van der Waals surface area contributed by atoms with Gasteiger partial charge in [-0.3, -0.25) is 9.59 Å². The van der Waals surface area contributed by atoms with Crippen LogP contribution in [0.3, 0.4) is 0 Å². The number of hydrogen-bond acceptors (Lipinski definition) is 2. The molecule has 2 amide bonds. The van der Waals surface area contributed by atoms with Gasteiger partial charge in [-0.25, -0.2) is 4.90 Å². The molecule has 1 heterocycles. The molecule has 1 saturated heterocycles. The molecule has 132 valence electrons. The Morgan fingerprint density at radius 3 is 1.92 bits per heavy atom. The summed E-state index contributed by atoms with van der Waals surface area (Å²) < 4.78 is 0. The molecule has 1 aromatic rings. The molecule has 3 heteroatoms. The molecule has 1 aromatic carbocycles. The van der Waals surface area contributed by atoms with Crippen LogP contribution in [0, 0.1) is 35.5 Å². The van der Waals surface area contributed by atoms with Gasteiger partial charge < -0.3 is 0 Å². The Balaban J connectivity index is 1.51. The Morgan fingerprint density at radius 1 is 0.885 bits per heavy atom. The molecule has 0 unspecified atom stereocenters. The topological polar surface area (TPSA) is 37.4 Å². The molecule has 0 N–H and O–H groups in total. The Kier molecular flexibility index (Phi) is 2.74. The minimum atomic E-state index is -0.157. The van der Waals surface area contributed by atoms with Crippen LogP contribution in [0.2, 0.25) is 0 Å². The molecule has 0 radical (unpaired) electrons. The highest BCUT2D eigenvalue weighted by atomic mass is 16.2. The molecule has 5 aliphatic rings. The van der Waals surface area contributed by atoms with Crippen molar-refractivity contribution in [1.29, 1.82) is 0 Å². The van der Waals surface area contributed by atoms with Crippen LogP contribution >= 0.6 is 0 Å². The summed E-state index contributed by atoms with van der Waals surface area (Å²) in [6.07, 6.45) is 3.84. The van der Waals surface area contributed by atoms with Crippen LogP contribution in [0.25, 0.3) is 0 Å². The van der Waals surface area contributed by atoms with E-state index in [1.54, 1.807) is 11.1 Å². The lowest BCUT2D eigenvalue weighted by atomic mass is 9.72. The average Bonchev–Trinajstić information content (AvgIpc) is 3.40. The molecule has 4 aliphatic carbocycles. The largest absolute Gasteiger partial charge is 0.274 e. The van der Waals surface area contributed by atoms with Crippen molar-refractivity contribution in [3.63, 3.8) is 0 Å². The van der Waals surface area contributed by atoms with Gasteiger partial charge in [0.05, 0.1) is 17.5 Å². The van der Waals surface area contributed by atoms with Crippen LogP contribution in [0.5, 0.6) is 0 Å². The van der Waals surface area contributed by atoms with Gasteiger partial charge in [-0.1, -0.05) is 40.5 Å². The molecule has 2 saturated carbocycles. The van der Waals surface area contributed by atoms with Gasteiger partial charge in [0.1, 0.15) is 0 Å². The molecule has 1 aliphatic heterocycles. The van der Waals surface area contributed by atoms with Crippen LogP contribution < -0.4 is 4.90 Å². The first-order valence-corrected chi connectivity index (χ1v) is 9.93. The number of carbonyl (C=O) groups is 2.